The maximum atomic E-state index is 6.22. The van der Waals surface area contributed by atoms with Gasteiger partial charge < -0.3 is 15.4 Å². The highest BCUT2D eigenvalue weighted by molar-refractivity contribution is 5.98. The van der Waals surface area contributed by atoms with Gasteiger partial charge in [0.15, 0.2) is 5.96 Å². The lowest BCUT2D eigenvalue weighted by Gasteiger charge is -2.48. The molecule has 1 atom stereocenters. The van der Waals surface area contributed by atoms with Gasteiger partial charge in [0.05, 0.1) is 19.2 Å². The van der Waals surface area contributed by atoms with Crippen LogP contribution in [0.1, 0.15) is 39.5 Å². The van der Waals surface area contributed by atoms with Gasteiger partial charge in [-0.2, -0.15) is 0 Å². The third-order valence-electron chi connectivity index (χ3n) is 4.87. The van der Waals surface area contributed by atoms with Crippen LogP contribution in [0, 0.1) is 5.41 Å². The van der Waals surface area contributed by atoms with Crippen molar-refractivity contribution in [3.05, 3.63) is 24.3 Å². The second-order valence-corrected chi connectivity index (χ2v) is 7.13. The van der Waals surface area contributed by atoms with Crippen molar-refractivity contribution in [2.75, 3.05) is 18.6 Å². The molecule has 0 amide bonds. The minimum Gasteiger partial charge on any atom is -0.497 e. The lowest BCUT2D eigenvalue weighted by Crippen LogP contribution is -2.55. The lowest BCUT2D eigenvalue weighted by molar-refractivity contribution is 0.163. The number of rotatable bonds is 2. The zero-order valence-electron chi connectivity index (χ0n) is 13.2. The Hall–Kier alpha value is -1.71. The molecular formula is C17H25N3O. The summed E-state index contributed by atoms with van der Waals surface area (Å²) in [6.45, 7) is 5.53. The van der Waals surface area contributed by atoms with Gasteiger partial charge in [-0.15, -0.1) is 0 Å². The quantitative estimate of drug-likeness (QED) is 0.909. The molecule has 4 heteroatoms. The fraction of sp³-hybridized carbons (Fsp3) is 0.588. The molecule has 1 aromatic carbocycles. The summed E-state index contributed by atoms with van der Waals surface area (Å²) in [7, 11) is 1.69. The van der Waals surface area contributed by atoms with Gasteiger partial charge in [-0.25, -0.2) is 0 Å². The number of benzene rings is 1. The van der Waals surface area contributed by atoms with Gasteiger partial charge in [0.25, 0.3) is 0 Å². The monoisotopic (exact) mass is 287 g/mol. The van der Waals surface area contributed by atoms with Crippen LogP contribution in [0.4, 0.5) is 5.69 Å². The van der Waals surface area contributed by atoms with Gasteiger partial charge >= 0.3 is 0 Å². The molecule has 21 heavy (non-hydrogen) atoms. The highest BCUT2D eigenvalue weighted by atomic mass is 16.5. The van der Waals surface area contributed by atoms with Crippen LogP contribution in [-0.4, -0.2) is 25.2 Å². The first-order chi connectivity index (χ1) is 9.96. The summed E-state index contributed by atoms with van der Waals surface area (Å²) < 4.78 is 5.25. The van der Waals surface area contributed by atoms with E-state index in [1.54, 1.807) is 7.11 Å². The second-order valence-electron chi connectivity index (χ2n) is 7.13. The van der Waals surface area contributed by atoms with Crippen LogP contribution in [0.25, 0.3) is 0 Å². The zero-order chi connectivity index (χ0) is 15.1. The highest BCUT2D eigenvalue weighted by Gasteiger charge is 2.48. The summed E-state index contributed by atoms with van der Waals surface area (Å²) in [6.07, 6.45) is 4.82. The largest absolute Gasteiger partial charge is 0.497 e. The van der Waals surface area contributed by atoms with Crippen molar-refractivity contribution in [3.8, 4) is 5.75 Å². The van der Waals surface area contributed by atoms with Crippen LogP contribution in [-0.2, 0) is 0 Å². The Kier molecular flexibility index (Phi) is 3.34. The molecule has 1 saturated carbocycles. The first-order valence-electron chi connectivity index (χ1n) is 7.70. The van der Waals surface area contributed by atoms with Crippen LogP contribution in [0.2, 0.25) is 0 Å². The van der Waals surface area contributed by atoms with Gasteiger partial charge in [0, 0.05) is 5.69 Å². The number of guanidine groups is 1. The molecule has 3 rings (SSSR count). The number of nitrogens with zero attached hydrogens (tertiary/aromatic N) is 2. The Morgan fingerprint density at radius 1 is 1.19 bits per heavy atom. The topological polar surface area (TPSA) is 50.9 Å². The summed E-state index contributed by atoms with van der Waals surface area (Å²) in [5, 5.41) is 0. The standard InChI is InChI=1S/C17H25N3O/c1-16(2)9-4-10-17(11-16)12-19-15(18)20(17)13-5-7-14(21-3)8-6-13/h5-8H,4,9-12H2,1-3H3,(H2,18,19). The predicted molar refractivity (Wildman–Crippen MR) is 86.9 cm³/mol. The van der Waals surface area contributed by atoms with Crippen molar-refractivity contribution in [2.45, 2.75) is 45.1 Å². The van der Waals surface area contributed by atoms with E-state index in [1.165, 1.54) is 12.8 Å². The summed E-state index contributed by atoms with van der Waals surface area (Å²) in [5.41, 5.74) is 7.74. The summed E-state index contributed by atoms with van der Waals surface area (Å²) in [5.74, 6) is 1.52. The van der Waals surface area contributed by atoms with Crippen molar-refractivity contribution in [1.29, 1.82) is 0 Å². The maximum Gasteiger partial charge on any atom is 0.196 e. The molecule has 1 heterocycles. The van der Waals surface area contributed by atoms with Gasteiger partial charge in [-0.3, -0.25) is 4.99 Å². The Balaban J connectivity index is 1.95. The fourth-order valence-corrected chi connectivity index (χ4v) is 4.04. The summed E-state index contributed by atoms with van der Waals surface area (Å²) in [4.78, 5) is 6.83. The average molecular weight is 287 g/mol. The highest BCUT2D eigenvalue weighted by Crippen LogP contribution is 2.47. The molecule has 1 fully saturated rings. The van der Waals surface area contributed by atoms with Gasteiger partial charge in [0.1, 0.15) is 5.75 Å². The van der Waals surface area contributed by atoms with E-state index in [0.29, 0.717) is 11.4 Å². The third-order valence-corrected chi connectivity index (χ3v) is 4.87. The smallest absolute Gasteiger partial charge is 0.196 e. The average Bonchev–Trinajstić information content (AvgIpc) is 2.74. The molecule has 0 radical (unpaired) electrons. The Labute approximate surface area is 127 Å². The molecule has 1 aromatic rings. The van der Waals surface area contributed by atoms with Crippen LogP contribution in [0.3, 0.4) is 0 Å². The van der Waals surface area contributed by atoms with Gasteiger partial charge in [-0.05, 0) is 48.9 Å². The summed E-state index contributed by atoms with van der Waals surface area (Å²) in [6, 6.07) is 8.14. The lowest BCUT2D eigenvalue weighted by atomic mass is 9.67. The number of aliphatic imine (C=N–C) groups is 1. The van der Waals surface area contributed by atoms with E-state index in [-0.39, 0.29) is 5.54 Å². The molecule has 0 aromatic heterocycles. The van der Waals surface area contributed by atoms with Gasteiger partial charge in [0.2, 0.25) is 0 Å². The van der Waals surface area contributed by atoms with Crippen LogP contribution >= 0.6 is 0 Å². The molecule has 2 aliphatic rings. The fourth-order valence-electron chi connectivity index (χ4n) is 4.04. The number of hydrogen-bond acceptors (Lipinski definition) is 4. The Morgan fingerprint density at radius 3 is 2.52 bits per heavy atom. The number of hydrogen-bond donors (Lipinski definition) is 1. The van der Waals surface area contributed by atoms with Crippen LogP contribution < -0.4 is 15.4 Å². The molecule has 1 unspecified atom stereocenters. The number of anilines is 1. The van der Waals surface area contributed by atoms with Crippen molar-refractivity contribution in [2.24, 2.45) is 16.1 Å². The molecule has 1 spiro atoms. The van der Waals surface area contributed by atoms with E-state index in [9.17, 15) is 0 Å². The van der Waals surface area contributed by atoms with Crippen molar-refractivity contribution >= 4 is 11.6 Å². The van der Waals surface area contributed by atoms with Crippen molar-refractivity contribution in [1.82, 2.24) is 0 Å². The first kappa shape index (κ1) is 14.2. The number of methoxy groups -OCH3 is 1. The molecule has 2 N–H and O–H groups in total. The molecular weight excluding hydrogens is 262 g/mol. The molecule has 0 bridgehead atoms. The van der Waals surface area contributed by atoms with E-state index in [1.807, 2.05) is 12.1 Å². The molecule has 1 aliphatic heterocycles. The third kappa shape index (κ3) is 2.47. The minimum atomic E-state index is 0.0560. The van der Waals surface area contributed by atoms with E-state index >= 15 is 0 Å². The van der Waals surface area contributed by atoms with E-state index in [2.05, 4.69) is 35.9 Å². The molecule has 1 aliphatic carbocycles. The van der Waals surface area contributed by atoms with Gasteiger partial charge in [-0.1, -0.05) is 20.3 Å². The van der Waals surface area contributed by atoms with E-state index in [0.717, 1.165) is 30.8 Å². The Morgan fingerprint density at radius 2 is 1.90 bits per heavy atom. The Bertz CT molecular complexity index is 550. The zero-order valence-corrected chi connectivity index (χ0v) is 13.2. The minimum absolute atomic E-state index is 0.0560. The first-order valence-corrected chi connectivity index (χ1v) is 7.70. The van der Waals surface area contributed by atoms with Crippen LogP contribution in [0.5, 0.6) is 5.75 Å². The SMILES string of the molecule is COc1ccc(N2C(N)=NCC23CCCC(C)(C)C3)cc1. The number of ether oxygens (including phenoxy) is 1. The van der Waals surface area contributed by atoms with E-state index in [4.69, 9.17) is 10.5 Å². The molecule has 114 valence electrons. The second kappa shape index (κ2) is 4.93. The summed E-state index contributed by atoms with van der Waals surface area (Å²) >= 11 is 0. The molecule has 0 saturated heterocycles. The predicted octanol–water partition coefficient (Wildman–Crippen LogP) is 3.17. The number of nitrogens with two attached hydrogens (primary N) is 1. The normalized spacial score (nSPS) is 27.8. The van der Waals surface area contributed by atoms with E-state index < -0.39 is 0 Å². The van der Waals surface area contributed by atoms with Crippen molar-refractivity contribution in [3.63, 3.8) is 0 Å². The molecule has 4 nitrogen and oxygen atoms in total. The van der Waals surface area contributed by atoms with Crippen molar-refractivity contribution < 1.29 is 4.74 Å². The van der Waals surface area contributed by atoms with Crippen LogP contribution in [0.15, 0.2) is 29.3 Å². The maximum absolute atomic E-state index is 6.22.